The van der Waals surface area contributed by atoms with Gasteiger partial charge in [0.1, 0.15) is 17.5 Å². The summed E-state index contributed by atoms with van der Waals surface area (Å²) in [6, 6.07) is 6.48. The molecule has 4 nitrogen and oxygen atoms in total. The fourth-order valence-electron chi connectivity index (χ4n) is 1.88. The number of halogens is 1. The number of nitrogens with zero attached hydrogens (tertiary/aromatic N) is 1. The Morgan fingerprint density at radius 1 is 1.40 bits per heavy atom. The molecule has 1 aromatic carbocycles. The first-order valence-electron chi connectivity index (χ1n) is 6.25. The first-order chi connectivity index (χ1) is 9.49. The number of nitrogen functional groups attached to an aromatic ring is 1. The third-order valence-electron chi connectivity index (χ3n) is 2.81. The van der Waals surface area contributed by atoms with Crippen molar-refractivity contribution in [3.05, 3.63) is 51.8 Å². The highest BCUT2D eigenvalue weighted by atomic mass is 32.2. The quantitative estimate of drug-likeness (QED) is 0.850. The third kappa shape index (κ3) is 3.19. The number of H-pyrrole nitrogens is 1. The molecule has 0 atom stereocenters. The van der Waals surface area contributed by atoms with Crippen molar-refractivity contribution in [3.8, 4) is 0 Å². The second-order valence-corrected chi connectivity index (χ2v) is 5.70. The molecule has 6 heteroatoms. The minimum Gasteiger partial charge on any atom is -0.383 e. The van der Waals surface area contributed by atoms with E-state index >= 15 is 0 Å². The maximum atomic E-state index is 13.5. The highest BCUT2D eigenvalue weighted by Crippen LogP contribution is 2.24. The average molecular weight is 293 g/mol. The monoisotopic (exact) mass is 293 g/mol. The summed E-state index contributed by atoms with van der Waals surface area (Å²) in [4.78, 5) is 19.3. The Balaban J connectivity index is 2.20. The second-order valence-electron chi connectivity index (χ2n) is 4.69. The molecule has 0 fully saturated rings. The van der Waals surface area contributed by atoms with E-state index in [1.807, 2.05) is 13.8 Å². The molecule has 0 aliphatic rings. The van der Waals surface area contributed by atoms with Crippen LogP contribution in [0.1, 0.15) is 31.2 Å². The molecule has 3 N–H and O–H groups in total. The maximum Gasteiger partial charge on any atom is 0.256 e. The molecule has 0 aliphatic carbocycles. The van der Waals surface area contributed by atoms with Crippen molar-refractivity contribution in [3.63, 3.8) is 0 Å². The van der Waals surface area contributed by atoms with E-state index in [0.29, 0.717) is 22.0 Å². The van der Waals surface area contributed by atoms with Crippen molar-refractivity contribution >= 4 is 17.6 Å². The number of benzene rings is 1. The van der Waals surface area contributed by atoms with Gasteiger partial charge in [-0.3, -0.25) is 4.79 Å². The number of hydrogen-bond donors (Lipinski definition) is 2. The number of rotatable bonds is 4. The van der Waals surface area contributed by atoms with Crippen molar-refractivity contribution in [2.75, 3.05) is 5.73 Å². The van der Waals surface area contributed by atoms with Crippen LogP contribution in [0, 0.1) is 5.82 Å². The molecule has 0 unspecified atom stereocenters. The van der Waals surface area contributed by atoms with Crippen molar-refractivity contribution in [2.45, 2.75) is 30.4 Å². The van der Waals surface area contributed by atoms with Gasteiger partial charge in [-0.25, -0.2) is 9.37 Å². The van der Waals surface area contributed by atoms with Crippen LogP contribution in [0.3, 0.4) is 0 Å². The topological polar surface area (TPSA) is 71.8 Å². The van der Waals surface area contributed by atoms with Gasteiger partial charge in [0.25, 0.3) is 5.56 Å². The summed E-state index contributed by atoms with van der Waals surface area (Å²) >= 11 is 1.27. The van der Waals surface area contributed by atoms with Crippen LogP contribution in [0.2, 0.25) is 0 Å². The number of nitrogens with one attached hydrogen (secondary N) is 1. The summed E-state index contributed by atoms with van der Waals surface area (Å²) in [5, 5.41) is 0. The summed E-state index contributed by atoms with van der Waals surface area (Å²) in [6.45, 7) is 3.77. The third-order valence-corrected chi connectivity index (χ3v) is 3.87. The van der Waals surface area contributed by atoms with Crippen LogP contribution in [0.4, 0.5) is 10.2 Å². The number of aromatic amines is 1. The number of hydrogen-bond acceptors (Lipinski definition) is 4. The predicted molar refractivity (Wildman–Crippen MR) is 79.3 cm³/mol. The Bertz CT molecular complexity index is 670. The lowest BCUT2D eigenvalue weighted by molar-refractivity contribution is 0.602. The van der Waals surface area contributed by atoms with E-state index in [-0.39, 0.29) is 23.1 Å². The Labute approximate surface area is 120 Å². The lowest BCUT2D eigenvalue weighted by atomic mass is 10.1. The van der Waals surface area contributed by atoms with E-state index in [9.17, 15) is 9.18 Å². The minimum atomic E-state index is -0.286. The molecule has 1 aromatic heterocycles. The van der Waals surface area contributed by atoms with Crippen molar-refractivity contribution in [2.24, 2.45) is 0 Å². The Hall–Kier alpha value is -1.82. The maximum absolute atomic E-state index is 13.5. The predicted octanol–water partition coefficient (Wildman–Crippen LogP) is 2.91. The number of anilines is 1. The zero-order valence-corrected chi connectivity index (χ0v) is 12.1. The lowest BCUT2D eigenvalue weighted by Gasteiger charge is -2.09. The zero-order chi connectivity index (χ0) is 14.7. The first-order valence-corrected chi connectivity index (χ1v) is 7.23. The van der Waals surface area contributed by atoms with Crippen LogP contribution in [0.5, 0.6) is 0 Å². The van der Waals surface area contributed by atoms with Gasteiger partial charge in [-0.2, -0.15) is 0 Å². The zero-order valence-electron chi connectivity index (χ0n) is 11.3. The molecule has 2 rings (SSSR count). The molecule has 0 saturated carbocycles. The standard InChI is InChI=1S/C14H16FN3OS/c1-8(2)12-13(16)17-11(18-14(12)19)7-20-10-6-4-3-5-9(10)15/h3-6,8H,7H2,1-2H3,(H3,16,17,18,19). The second kappa shape index (κ2) is 6.09. The molecular weight excluding hydrogens is 277 g/mol. The molecular formula is C14H16FN3OS. The molecule has 0 saturated heterocycles. The molecule has 0 bridgehead atoms. The SMILES string of the molecule is CC(C)c1c(N)nc(CSc2ccccc2F)[nH]c1=O. The highest BCUT2D eigenvalue weighted by Gasteiger charge is 2.12. The lowest BCUT2D eigenvalue weighted by Crippen LogP contribution is -2.20. The number of nitrogens with two attached hydrogens (primary N) is 1. The van der Waals surface area contributed by atoms with E-state index in [1.54, 1.807) is 18.2 Å². The molecule has 2 aromatic rings. The van der Waals surface area contributed by atoms with Gasteiger partial charge >= 0.3 is 0 Å². The molecule has 0 amide bonds. The number of aromatic nitrogens is 2. The van der Waals surface area contributed by atoms with Gasteiger partial charge in [0, 0.05) is 4.90 Å². The van der Waals surface area contributed by atoms with Gasteiger partial charge in [-0.1, -0.05) is 26.0 Å². The van der Waals surface area contributed by atoms with Gasteiger partial charge in [0.2, 0.25) is 0 Å². The van der Waals surface area contributed by atoms with Crippen LogP contribution in [0.15, 0.2) is 34.0 Å². The number of thioether (sulfide) groups is 1. The Kier molecular flexibility index (Phi) is 4.44. The normalized spacial score (nSPS) is 11.0. The van der Waals surface area contributed by atoms with E-state index in [4.69, 9.17) is 5.73 Å². The summed E-state index contributed by atoms with van der Waals surface area (Å²) in [5.74, 6) is 0.780. The van der Waals surface area contributed by atoms with Crippen LogP contribution >= 0.6 is 11.8 Å². The van der Waals surface area contributed by atoms with Gasteiger partial charge in [-0.15, -0.1) is 11.8 Å². The summed E-state index contributed by atoms with van der Waals surface area (Å²) < 4.78 is 13.5. The fourth-order valence-corrected chi connectivity index (χ4v) is 2.69. The molecule has 0 aliphatic heterocycles. The molecule has 20 heavy (non-hydrogen) atoms. The Morgan fingerprint density at radius 3 is 2.70 bits per heavy atom. The largest absolute Gasteiger partial charge is 0.383 e. The minimum absolute atomic E-state index is 0.0134. The highest BCUT2D eigenvalue weighted by molar-refractivity contribution is 7.98. The molecule has 106 valence electrons. The Morgan fingerprint density at radius 2 is 2.10 bits per heavy atom. The van der Waals surface area contributed by atoms with Crippen LogP contribution in [-0.2, 0) is 5.75 Å². The van der Waals surface area contributed by atoms with Crippen molar-refractivity contribution < 1.29 is 4.39 Å². The first kappa shape index (κ1) is 14.6. The van der Waals surface area contributed by atoms with Crippen molar-refractivity contribution in [1.29, 1.82) is 0 Å². The van der Waals surface area contributed by atoms with E-state index in [2.05, 4.69) is 9.97 Å². The van der Waals surface area contributed by atoms with Crippen molar-refractivity contribution in [1.82, 2.24) is 9.97 Å². The van der Waals surface area contributed by atoms with Crippen LogP contribution in [0.25, 0.3) is 0 Å². The molecule has 1 heterocycles. The van der Waals surface area contributed by atoms with Gasteiger partial charge in [-0.05, 0) is 18.1 Å². The van der Waals surface area contributed by atoms with Crippen LogP contribution in [-0.4, -0.2) is 9.97 Å². The van der Waals surface area contributed by atoms with E-state index in [0.717, 1.165) is 0 Å². The molecule has 0 spiro atoms. The van der Waals surface area contributed by atoms with Gasteiger partial charge < -0.3 is 10.7 Å². The van der Waals surface area contributed by atoms with E-state index in [1.165, 1.54) is 17.8 Å². The van der Waals surface area contributed by atoms with Crippen LogP contribution < -0.4 is 11.3 Å². The van der Waals surface area contributed by atoms with Gasteiger partial charge in [0.15, 0.2) is 0 Å². The summed E-state index contributed by atoms with van der Waals surface area (Å²) in [6.07, 6.45) is 0. The smallest absolute Gasteiger partial charge is 0.256 e. The van der Waals surface area contributed by atoms with Gasteiger partial charge in [0.05, 0.1) is 11.3 Å². The van der Waals surface area contributed by atoms with E-state index < -0.39 is 0 Å². The molecule has 0 radical (unpaired) electrons. The average Bonchev–Trinajstić information content (AvgIpc) is 2.36. The summed E-state index contributed by atoms with van der Waals surface area (Å²) in [7, 11) is 0. The summed E-state index contributed by atoms with van der Waals surface area (Å²) in [5.41, 5.74) is 6.07. The fraction of sp³-hybridized carbons (Fsp3) is 0.286.